The van der Waals surface area contributed by atoms with E-state index in [2.05, 4.69) is 65.1 Å². The average molecular weight is 509 g/mol. The van der Waals surface area contributed by atoms with Crippen LogP contribution in [0.15, 0.2) is 47.3 Å². The van der Waals surface area contributed by atoms with E-state index >= 15 is 0 Å². The number of benzene rings is 2. The fourth-order valence-corrected chi connectivity index (χ4v) is 4.77. The molecular weight excluding hydrogens is 472 g/mol. The normalized spacial score (nSPS) is 12.3. The van der Waals surface area contributed by atoms with E-state index in [0.717, 1.165) is 49.9 Å². The predicted octanol–water partition coefficient (Wildman–Crippen LogP) is 4.22. The molecule has 192 valence electrons. The molecule has 3 aromatic rings. The van der Waals surface area contributed by atoms with Crippen molar-refractivity contribution < 1.29 is 9.47 Å². The number of thiocarbonyl (C=S) groups is 1. The molecule has 0 saturated carbocycles. The number of nitrogens with zero attached hydrogens (tertiary/aromatic N) is 2. The third-order valence-corrected chi connectivity index (χ3v) is 7.20. The number of fused-ring (bicyclic) bond motifs is 2. The van der Waals surface area contributed by atoms with Crippen LogP contribution >= 0.6 is 12.2 Å². The minimum absolute atomic E-state index is 0.119. The Labute approximate surface area is 218 Å². The minimum Gasteiger partial charge on any atom is -0.454 e. The van der Waals surface area contributed by atoms with Crippen molar-refractivity contribution in [1.82, 2.24) is 20.1 Å². The van der Waals surface area contributed by atoms with Crippen LogP contribution in [-0.2, 0) is 13.0 Å². The van der Waals surface area contributed by atoms with Crippen molar-refractivity contribution in [2.24, 2.45) is 0 Å². The van der Waals surface area contributed by atoms with E-state index in [9.17, 15) is 4.79 Å². The van der Waals surface area contributed by atoms with Gasteiger partial charge in [-0.1, -0.05) is 38.1 Å². The maximum Gasteiger partial charge on any atom is 0.253 e. The van der Waals surface area contributed by atoms with Crippen LogP contribution in [0.2, 0.25) is 0 Å². The second kappa shape index (κ2) is 12.2. The molecule has 1 aromatic heterocycles. The molecule has 2 aromatic carbocycles. The van der Waals surface area contributed by atoms with Gasteiger partial charge in [0.15, 0.2) is 16.6 Å². The molecule has 1 aliphatic rings. The first-order valence-corrected chi connectivity index (χ1v) is 13.1. The number of nitrogens with one attached hydrogen (secondary N) is 2. The first-order chi connectivity index (χ1) is 17.5. The zero-order valence-corrected chi connectivity index (χ0v) is 22.2. The van der Waals surface area contributed by atoms with Crippen LogP contribution in [0.1, 0.15) is 37.0 Å². The first kappa shape index (κ1) is 26.0. The summed E-state index contributed by atoms with van der Waals surface area (Å²) in [5, 5.41) is 5.01. The van der Waals surface area contributed by atoms with E-state index in [4.69, 9.17) is 21.7 Å². The Kier molecular flexibility index (Phi) is 8.83. The fraction of sp³-hybridized carbons (Fsp3) is 0.429. The molecule has 0 fully saturated rings. The van der Waals surface area contributed by atoms with Crippen LogP contribution in [0, 0.1) is 6.92 Å². The van der Waals surface area contributed by atoms with Gasteiger partial charge in [-0.2, -0.15) is 0 Å². The van der Waals surface area contributed by atoms with Gasteiger partial charge < -0.3 is 29.6 Å². The molecule has 0 atom stereocenters. The van der Waals surface area contributed by atoms with Gasteiger partial charge in [0.05, 0.1) is 12.1 Å². The third kappa shape index (κ3) is 6.36. The monoisotopic (exact) mass is 508 g/mol. The lowest BCUT2D eigenvalue weighted by molar-refractivity contribution is 0.174. The van der Waals surface area contributed by atoms with Gasteiger partial charge in [0.25, 0.3) is 5.56 Å². The summed E-state index contributed by atoms with van der Waals surface area (Å²) in [4.78, 5) is 20.5. The lowest BCUT2D eigenvalue weighted by Gasteiger charge is -2.27. The summed E-state index contributed by atoms with van der Waals surface area (Å²) in [5.41, 5.74) is 3.82. The summed E-state index contributed by atoms with van der Waals surface area (Å²) < 4.78 is 11.0. The minimum atomic E-state index is -0.119. The Morgan fingerprint density at radius 1 is 1.06 bits per heavy atom. The maximum atomic E-state index is 13.0. The number of aromatic nitrogens is 1. The summed E-state index contributed by atoms with van der Waals surface area (Å²) in [6.07, 6.45) is 1.86. The van der Waals surface area contributed by atoms with E-state index in [1.54, 1.807) is 0 Å². The second-order valence-electron chi connectivity index (χ2n) is 9.13. The second-order valence-corrected chi connectivity index (χ2v) is 9.51. The van der Waals surface area contributed by atoms with E-state index in [1.807, 2.05) is 18.2 Å². The van der Waals surface area contributed by atoms with Gasteiger partial charge in [-0.05, 0) is 74.9 Å². The molecule has 2 N–H and O–H groups in total. The number of hydrogen-bond donors (Lipinski definition) is 2. The van der Waals surface area contributed by atoms with Gasteiger partial charge in [-0.3, -0.25) is 4.79 Å². The van der Waals surface area contributed by atoms with Gasteiger partial charge >= 0.3 is 0 Å². The summed E-state index contributed by atoms with van der Waals surface area (Å²) >= 11 is 5.82. The van der Waals surface area contributed by atoms with Gasteiger partial charge in [0.2, 0.25) is 6.79 Å². The number of aryl methyl sites for hydroxylation is 1. The Hall–Kier alpha value is -3.10. The highest BCUT2D eigenvalue weighted by molar-refractivity contribution is 7.80. The van der Waals surface area contributed by atoms with Crippen molar-refractivity contribution in [3.8, 4) is 11.5 Å². The summed E-state index contributed by atoms with van der Waals surface area (Å²) in [6.45, 7) is 11.8. The highest BCUT2D eigenvalue weighted by Crippen LogP contribution is 2.35. The van der Waals surface area contributed by atoms with E-state index in [-0.39, 0.29) is 12.4 Å². The molecule has 0 saturated heterocycles. The quantitative estimate of drug-likeness (QED) is 0.297. The number of pyridine rings is 1. The number of hydrogen-bond acceptors (Lipinski definition) is 5. The van der Waals surface area contributed by atoms with Crippen LogP contribution in [0.3, 0.4) is 0 Å². The number of rotatable bonds is 11. The molecule has 0 radical (unpaired) electrons. The molecule has 2 heterocycles. The first-order valence-electron chi connectivity index (χ1n) is 12.7. The standard InChI is InChI=1S/C28H36N4O3S/c1-4-31(5-2)13-8-12-29-28(36)32(14-11-21-10-7-6-9-20(21)3)18-23-15-22-16-25-26(35-19-34-25)17-24(22)30-27(23)33/h6-7,9-10,15-17H,4-5,8,11-14,18-19H2,1-3H3,(H,29,36)(H,30,33). The highest BCUT2D eigenvalue weighted by atomic mass is 32.1. The SMILES string of the molecule is CCN(CC)CCCNC(=S)N(CCc1ccccc1C)Cc1cc2cc3c(cc2[nH]c1=O)OCO3. The number of ether oxygens (including phenoxy) is 2. The molecular formula is C28H36N4O3S. The number of aromatic amines is 1. The van der Waals surface area contributed by atoms with E-state index in [0.29, 0.717) is 35.3 Å². The molecule has 0 amide bonds. The topological polar surface area (TPSA) is 69.8 Å². The lowest BCUT2D eigenvalue weighted by Crippen LogP contribution is -2.42. The molecule has 0 spiro atoms. The van der Waals surface area contributed by atoms with Crippen molar-refractivity contribution in [2.75, 3.05) is 39.5 Å². The molecule has 0 unspecified atom stereocenters. The number of H-pyrrole nitrogens is 1. The molecule has 0 aliphatic carbocycles. The Bertz CT molecular complexity index is 1260. The molecule has 1 aliphatic heterocycles. The Morgan fingerprint density at radius 3 is 2.56 bits per heavy atom. The molecule has 0 bridgehead atoms. The van der Waals surface area contributed by atoms with Crippen LogP contribution in [0.5, 0.6) is 11.5 Å². The van der Waals surface area contributed by atoms with Crippen molar-refractivity contribution in [3.05, 3.63) is 69.5 Å². The zero-order valence-electron chi connectivity index (χ0n) is 21.4. The molecule has 7 nitrogen and oxygen atoms in total. The van der Waals surface area contributed by atoms with Crippen LogP contribution < -0.4 is 20.3 Å². The molecule has 8 heteroatoms. The van der Waals surface area contributed by atoms with E-state index < -0.39 is 0 Å². The predicted molar refractivity (Wildman–Crippen MR) is 149 cm³/mol. The Morgan fingerprint density at radius 2 is 1.81 bits per heavy atom. The smallest absolute Gasteiger partial charge is 0.253 e. The largest absolute Gasteiger partial charge is 0.454 e. The van der Waals surface area contributed by atoms with Crippen LogP contribution in [0.4, 0.5) is 0 Å². The summed E-state index contributed by atoms with van der Waals surface area (Å²) in [5.74, 6) is 1.35. The van der Waals surface area contributed by atoms with Crippen molar-refractivity contribution in [1.29, 1.82) is 0 Å². The molecule has 4 rings (SSSR count). The average Bonchev–Trinajstić information content (AvgIpc) is 3.33. The third-order valence-electron chi connectivity index (χ3n) is 6.80. The van der Waals surface area contributed by atoms with Crippen molar-refractivity contribution >= 4 is 28.2 Å². The van der Waals surface area contributed by atoms with E-state index in [1.165, 1.54) is 11.1 Å². The van der Waals surface area contributed by atoms with Gasteiger partial charge in [-0.15, -0.1) is 0 Å². The van der Waals surface area contributed by atoms with Crippen LogP contribution in [0.25, 0.3) is 10.9 Å². The summed E-state index contributed by atoms with van der Waals surface area (Å²) in [6, 6.07) is 14.1. The zero-order chi connectivity index (χ0) is 25.5. The van der Waals surface area contributed by atoms with Crippen molar-refractivity contribution in [3.63, 3.8) is 0 Å². The van der Waals surface area contributed by atoms with Gasteiger partial charge in [-0.25, -0.2) is 0 Å². The maximum absolute atomic E-state index is 13.0. The van der Waals surface area contributed by atoms with Crippen molar-refractivity contribution in [2.45, 2.75) is 40.2 Å². The Balaban J connectivity index is 1.50. The fourth-order valence-electron chi connectivity index (χ4n) is 4.51. The van der Waals surface area contributed by atoms with Gasteiger partial charge in [0.1, 0.15) is 0 Å². The molecule has 36 heavy (non-hydrogen) atoms. The van der Waals surface area contributed by atoms with Gasteiger partial charge in [0, 0.05) is 30.1 Å². The summed E-state index contributed by atoms with van der Waals surface area (Å²) in [7, 11) is 0. The highest BCUT2D eigenvalue weighted by Gasteiger charge is 2.17. The lowest BCUT2D eigenvalue weighted by atomic mass is 10.1. The van der Waals surface area contributed by atoms with Crippen LogP contribution in [-0.4, -0.2) is 59.4 Å².